The molecule has 2 nitrogen and oxygen atoms in total. The maximum atomic E-state index is 5.86. The monoisotopic (exact) mass is 321 g/mol. The van der Waals surface area contributed by atoms with Crippen molar-refractivity contribution in [2.24, 2.45) is 0 Å². The Morgan fingerprint density at radius 3 is 2.61 bits per heavy atom. The van der Waals surface area contributed by atoms with Gasteiger partial charge in [0.05, 0.1) is 0 Å². The molecule has 0 bridgehead atoms. The highest BCUT2D eigenvalue weighted by Gasteiger charge is 2.08. The highest BCUT2D eigenvalue weighted by atomic mass is 79.9. The van der Waals surface area contributed by atoms with Crippen molar-refractivity contribution in [2.75, 3.05) is 0 Å². The van der Waals surface area contributed by atoms with Crippen molar-refractivity contribution < 1.29 is 4.42 Å². The van der Waals surface area contributed by atoms with Gasteiger partial charge >= 0.3 is 0 Å². The lowest BCUT2D eigenvalue weighted by atomic mass is 10.2. The Morgan fingerprint density at radius 2 is 1.89 bits per heavy atom. The molecule has 0 aliphatic rings. The van der Waals surface area contributed by atoms with Crippen LogP contribution >= 0.6 is 27.5 Å². The Kier molecular flexibility index (Phi) is 3.10. The maximum absolute atomic E-state index is 5.86. The van der Waals surface area contributed by atoms with Gasteiger partial charge in [0, 0.05) is 15.9 Å². The zero-order valence-electron chi connectivity index (χ0n) is 9.36. The Hall–Kier alpha value is -1.32. The topological polar surface area (TPSA) is 26.0 Å². The van der Waals surface area contributed by atoms with Gasteiger partial charge in [-0.1, -0.05) is 33.6 Å². The number of aromatic nitrogens is 1. The average molecular weight is 323 g/mol. The summed E-state index contributed by atoms with van der Waals surface area (Å²) >= 11 is 9.29. The first kappa shape index (κ1) is 11.8. The minimum Gasteiger partial charge on any atom is -0.436 e. The second-order valence-corrected chi connectivity index (χ2v) is 4.96. The molecule has 0 amide bonds. The van der Waals surface area contributed by atoms with Gasteiger partial charge in [0.15, 0.2) is 5.58 Å². The number of rotatable bonds is 2. The van der Waals surface area contributed by atoms with Crippen LogP contribution in [-0.4, -0.2) is 4.98 Å². The van der Waals surface area contributed by atoms with Crippen LogP contribution in [0.2, 0.25) is 5.02 Å². The van der Waals surface area contributed by atoms with E-state index in [9.17, 15) is 0 Å². The third-order valence-corrected chi connectivity index (χ3v) is 3.60. The van der Waals surface area contributed by atoms with Gasteiger partial charge in [-0.2, -0.15) is 0 Å². The molecule has 1 aromatic heterocycles. The predicted molar refractivity (Wildman–Crippen MR) is 77.1 cm³/mol. The number of halogens is 2. The Balaban J connectivity index is 2.10. The van der Waals surface area contributed by atoms with Gasteiger partial charge in [0.25, 0.3) is 0 Å². The molecule has 0 N–H and O–H groups in total. The van der Waals surface area contributed by atoms with Crippen LogP contribution in [0.15, 0.2) is 46.9 Å². The van der Waals surface area contributed by atoms with Crippen LogP contribution in [0.3, 0.4) is 0 Å². The number of oxazole rings is 1. The van der Waals surface area contributed by atoms with Crippen LogP contribution in [0.5, 0.6) is 0 Å². The smallest absolute Gasteiger partial charge is 0.227 e. The van der Waals surface area contributed by atoms with Gasteiger partial charge in [-0.25, -0.2) is 4.98 Å². The van der Waals surface area contributed by atoms with E-state index in [1.54, 1.807) is 0 Å². The van der Waals surface area contributed by atoms with Gasteiger partial charge in [0.1, 0.15) is 5.52 Å². The Labute approximate surface area is 118 Å². The predicted octanol–water partition coefficient (Wildman–Crippen LogP) is 5.04. The van der Waals surface area contributed by atoms with Crippen LogP contribution in [-0.2, 0) is 5.33 Å². The average Bonchev–Trinajstić information content (AvgIpc) is 2.82. The molecule has 18 heavy (non-hydrogen) atoms. The van der Waals surface area contributed by atoms with Gasteiger partial charge in [-0.15, -0.1) is 0 Å². The van der Waals surface area contributed by atoms with Crippen LogP contribution < -0.4 is 0 Å². The van der Waals surface area contributed by atoms with Crippen LogP contribution in [0, 0.1) is 0 Å². The molecule has 2 aromatic carbocycles. The number of nitrogens with zero attached hydrogens (tertiary/aromatic N) is 1. The van der Waals surface area contributed by atoms with Crippen LogP contribution in [0.1, 0.15) is 5.56 Å². The molecule has 0 aliphatic carbocycles. The first-order chi connectivity index (χ1) is 8.76. The Bertz CT molecular complexity index is 691. The van der Waals surface area contributed by atoms with Crippen molar-refractivity contribution in [2.45, 2.75) is 5.33 Å². The van der Waals surface area contributed by atoms with Crippen molar-refractivity contribution in [3.05, 3.63) is 53.1 Å². The second kappa shape index (κ2) is 4.75. The lowest BCUT2D eigenvalue weighted by Gasteiger charge is -1.94. The van der Waals surface area contributed by atoms with Crippen LogP contribution in [0.4, 0.5) is 0 Å². The molecule has 3 aromatic rings. The third-order valence-electron chi connectivity index (χ3n) is 2.70. The minimum absolute atomic E-state index is 0.619. The molecule has 3 rings (SSSR count). The third kappa shape index (κ3) is 2.16. The molecule has 4 heteroatoms. The molecule has 0 atom stereocenters. The summed E-state index contributed by atoms with van der Waals surface area (Å²) in [5.74, 6) is 0.619. The normalized spacial score (nSPS) is 11.0. The van der Waals surface area contributed by atoms with Crippen molar-refractivity contribution in [1.82, 2.24) is 4.98 Å². The molecule has 0 spiro atoms. The molecule has 90 valence electrons. The fourth-order valence-corrected chi connectivity index (χ4v) is 2.25. The molecule has 0 fully saturated rings. The summed E-state index contributed by atoms with van der Waals surface area (Å²) in [6, 6.07) is 13.4. The fraction of sp³-hybridized carbons (Fsp3) is 0.0714. The summed E-state index contributed by atoms with van der Waals surface area (Å²) in [5.41, 5.74) is 3.77. The lowest BCUT2D eigenvalue weighted by Crippen LogP contribution is -1.77. The van der Waals surface area contributed by atoms with E-state index in [2.05, 4.69) is 20.9 Å². The van der Waals surface area contributed by atoms with Crippen LogP contribution in [0.25, 0.3) is 22.6 Å². The summed E-state index contributed by atoms with van der Waals surface area (Å²) in [6.45, 7) is 0. The van der Waals surface area contributed by atoms with Gasteiger partial charge < -0.3 is 4.42 Å². The van der Waals surface area contributed by atoms with E-state index in [0.717, 1.165) is 22.0 Å². The first-order valence-electron chi connectivity index (χ1n) is 5.47. The molecule has 0 unspecified atom stereocenters. The first-order valence-corrected chi connectivity index (χ1v) is 6.97. The SMILES string of the molecule is Clc1ccc(-c2nc3cc(CBr)ccc3o2)cc1. The van der Waals surface area contributed by atoms with Crippen molar-refractivity contribution in [3.63, 3.8) is 0 Å². The van der Waals surface area contributed by atoms with Crippen molar-refractivity contribution in [1.29, 1.82) is 0 Å². The number of hydrogen-bond acceptors (Lipinski definition) is 2. The number of hydrogen-bond donors (Lipinski definition) is 0. The molecular weight excluding hydrogens is 314 g/mol. The molecule has 1 heterocycles. The number of alkyl halides is 1. The molecular formula is C14H9BrClNO. The summed E-state index contributed by atoms with van der Waals surface area (Å²) < 4.78 is 5.72. The van der Waals surface area contributed by atoms with Gasteiger partial charge in [-0.05, 0) is 42.0 Å². The van der Waals surface area contributed by atoms with E-state index in [-0.39, 0.29) is 0 Å². The highest BCUT2D eigenvalue weighted by molar-refractivity contribution is 9.08. The van der Waals surface area contributed by atoms with Gasteiger partial charge in [-0.3, -0.25) is 0 Å². The van der Waals surface area contributed by atoms with E-state index >= 15 is 0 Å². The van der Waals surface area contributed by atoms with Crippen molar-refractivity contribution >= 4 is 38.6 Å². The molecule has 0 saturated heterocycles. The minimum atomic E-state index is 0.619. The zero-order valence-corrected chi connectivity index (χ0v) is 11.7. The van der Waals surface area contributed by atoms with E-state index in [1.807, 2.05) is 42.5 Å². The maximum Gasteiger partial charge on any atom is 0.227 e. The quantitative estimate of drug-likeness (QED) is 0.618. The second-order valence-electron chi connectivity index (χ2n) is 3.96. The lowest BCUT2D eigenvalue weighted by molar-refractivity contribution is 0.620. The standard InChI is InChI=1S/C14H9BrClNO/c15-8-9-1-6-13-12(7-9)17-14(18-13)10-2-4-11(16)5-3-10/h1-7H,8H2. The van der Waals surface area contributed by atoms with E-state index in [1.165, 1.54) is 5.56 Å². The van der Waals surface area contributed by atoms with Gasteiger partial charge in [0.2, 0.25) is 5.89 Å². The number of benzene rings is 2. The summed E-state index contributed by atoms with van der Waals surface area (Å²) in [4.78, 5) is 4.49. The Morgan fingerprint density at radius 1 is 1.11 bits per heavy atom. The fourth-order valence-electron chi connectivity index (χ4n) is 1.77. The molecule has 0 radical (unpaired) electrons. The summed E-state index contributed by atoms with van der Waals surface area (Å²) in [6.07, 6.45) is 0. The summed E-state index contributed by atoms with van der Waals surface area (Å²) in [5, 5.41) is 1.52. The van der Waals surface area contributed by atoms with E-state index < -0.39 is 0 Å². The highest BCUT2D eigenvalue weighted by Crippen LogP contribution is 2.26. The molecule has 0 saturated carbocycles. The van der Waals surface area contributed by atoms with E-state index in [4.69, 9.17) is 16.0 Å². The number of fused-ring (bicyclic) bond motifs is 1. The molecule has 0 aliphatic heterocycles. The van der Waals surface area contributed by atoms with Crippen molar-refractivity contribution in [3.8, 4) is 11.5 Å². The largest absolute Gasteiger partial charge is 0.436 e. The zero-order chi connectivity index (χ0) is 12.5. The summed E-state index contributed by atoms with van der Waals surface area (Å²) in [7, 11) is 0. The van der Waals surface area contributed by atoms with E-state index in [0.29, 0.717) is 10.9 Å².